The van der Waals surface area contributed by atoms with Crippen LogP contribution < -0.4 is 10.9 Å². The number of aromatic hydroxyl groups is 1. The summed E-state index contributed by atoms with van der Waals surface area (Å²) in [5, 5.41) is 17.7. The fraction of sp³-hybridized carbons (Fsp3) is 0.409. The van der Waals surface area contributed by atoms with Crippen LogP contribution in [0.1, 0.15) is 31.1 Å². The summed E-state index contributed by atoms with van der Waals surface area (Å²) in [5.74, 6) is -0.921. The number of aromatic nitrogens is 4. The second-order valence-corrected chi connectivity index (χ2v) is 8.78. The third-order valence-electron chi connectivity index (χ3n) is 5.70. The molecule has 1 saturated heterocycles. The summed E-state index contributed by atoms with van der Waals surface area (Å²) >= 11 is 0. The van der Waals surface area contributed by atoms with Crippen LogP contribution in [-0.2, 0) is 17.9 Å². The number of carbonyl (C=O) groups is 2. The van der Waals surface area contributed by atoms with Gasteiger partial charge in [0, 0.05) is 49.4 Å². The number of nitrogens with one attached hydrogen (secondary N) is 1. The van der Waals surface area contributed by atoms with E-state index >= 15 is 0 Å². The molecule has 1 aliphatic rings. The van der Waals surface area contributed by atoms with Crippen molar-refractivity contribution < 1.29 is 14.7 Å². The van der Waals surface area contributed by atoms with Crippen LogP contribution in [0.25, 0.3) is 22.2 Å². The minimum Gasteiger partial charge on any atom is -0.506 e. The molecule has 0 unspecified atom stereocenters. The second kappa shape index (κ2) is 7.77. The Balaban J connectivity index is 1.91. The van der Waals surface area contributed by atoms with E-state index in [2.05, 4.69) is 29.2 Å². The molecule has 4 heterocycles. The van der Waals surface area contributed by atoms with Gasteiger partial charge in [-0.15, -0.1) is 0 Å². The van der Waals surface area contributed by atoms with Gasteiger partial charge in [0.2, 0.25) is 5.91 Å². The van der Waals surface area contributed by atoms with Crippen molar-refractivity contribution in [3.8, 4) is 16.9 Å². The molecule has 10 heteroatoms. The number of aryl methyl sites for hydroxylation is 1. The summed E-state index contributed by atoms with van der Waals surface area (Å²) in [7, 11) is 1.43. The van der Waals surface area contributed by atoms with E-state index in [9.17, 15) is 19.5 Å². The Labute approximate surface area is 184 Å². The van der Waals surface area contributed by atoms with Crippen molar-refractivity contribution in [1.29, 1.82) is 0 Å². The van der Waals surface area contributed by atoms with E-state index in [-0.39, 0.29) is 34.8 Å². The zero-order valence-corrected chi connectivity index (χ0v) is 18.5. The van der Waals surface area contributed by atoms with Gasteiger partial charge in [0.25, 0.3) is 11.5 Å². The summed E-state index contributed by atoms with van der Waals surface area (Å²) in [6.45, 7) is 7.66. The van der Waals surface area contributed by atoms with Gasteiger partial charge in [-0.25, -0.2) is 4.98 Å². The van der Waals surface area contributed by atoms with Crippen molar-refractivity contribution in [3.05, 3.63) is 40.6 Å². The van der Waals surface area contributed by atoms with Crippen LogP contribution >= 0.6 is 0 Å². The molecule has 2 amide bonds. The summed E-state index contributed by atoms with van der Waals surface area (Å²) in [5.41, 5.74) is 0.523. The number of likely N-dealkylation sites (tertiary alicyclic amines) is 1. The number of nitrogens with zero attached hydrogens (tertiary/aromatic N) is 5. The molecule has 10 nitrogen and oxygen atoms in total. The molecule has 0 aromatic carbocycles. The molecule has 1 aliphatic heterocycles. The van der Waals surface area contributed by atoms with E-state index in [0.717, 1.165) is 0 Å². The first-order valence-corrected chi connectivity index (χ1v) is 10.4. The maximum absolute atomic E-state index is 13.2. The fourth-order valence-corrected chi connectivity index (χ4v) is 4.12. The van der Waals surface area contributed by atoms with Gasteiger partial charge in [0.15, 0.2) is 0 Å². The molecular formula is C22H26N6O4. The van der Waals surface area contributed by atoms with E-state index in [1.807, 2.05) is 6.92 Å². The molecule has 0 radical (unpaired) electrons. The number of pyridine rings is 2. The van der Waals surface area contributed by atoms with Crippen LogP contribution in [0.3, 0.4) is 0 Å². The average molecular weight is 438 g/mol. The molecule has 168 valence electrons. The van der Waals surface area contributed by atoms with Gasteiger partial charge >= 0.3 is 0 Å². The lowest BCUT2D eigenvalue weighted by Crippen LogP contribution is -2.56. The number of fused-ring (bicyclic) bond motifs is 1. The van der Waals surface area contributed by atoms with Crippen LogP contribution in [0.15, 0.2) is 29.5 Å². The first-order valence-electron chi connectivity index (χ1n) is 10.4. The lowest BCUT2D eigenvalue weighted by molar-refractivity contribution is -0.142. The predicted molar refractivity (Wildman–Crippen MR) is 118 cm³/mol. The van der Waals surface area contributed by atoms with E-state index in [1.165, 1.54) is 23.9 Å². The van der Waals surface area contributed by atoms with Crippen LogP contribution in [-0.4, -0.2) is 61.3 Å². The van der Waals surface area contributed by atoms with Crippen molar-refractivity contribution in [2.24, 2.45) is 5.41 Å². The maximum atomic E-state index is 13.2. The topological polar surface area (TPSA) is 122 Å². The van der Waals surface area contributed by atoms with Crippen molar-refractivity contribution in [2.45, 2.75) is 33.9 Å². The largest absolute Gasteiger partial charge is 0.506 e. The van der Waals surface area contributed by atoms with Gasteiger partial charge in [-0.1, -0.05) is 13.8 Å². The molecule has 0 bridgehead atoms. The van der Waals surface area contributed by atoms with Crippen LogP contribution in [0, 0.1) is 5.41 Å². The average Bonchev–Trinajstić information content (AvgIpc) is 3.21. The highest BCUT2D eigenvalue weighted by atomic mass is 16.3. The molecule has 0 aliphatic carbocycles. The molecule has 3 aromatic rings. The van der Waals surface area contributed by atoms with E-state index in [0.29, 0.717) is 36.1 Å². The number of amides is 2. The van der Waals surface area contributed by atoms with Gasteiger partial charge in [-0.2, -0.15) is 5.10 Å². The third kappa shape index (κ3) is 3.61. The highest BCUT2D eigenvalue weighted by molar-refractivity contribution is 6.02. The van der Waals surface area contributed by atoms with E-state index < -0.39 is 11.5 Å². The first-order chi connectivity index (χ1) is 15.1. The molecule has 2 N–H and O–H groups in total. The minimum absolute atomic E-state index is 0.0449. The highest BCUT2D eigenvalue weighted by Gasteiger charge is 2.37. The lowest BCUT2D eigenvalue weighted by atomic mass is 9.84. The summed E-state index contributed by atoms with van der Waals surface area (Å²) in [6, 6.07) is 1.41. The Kier molecular flexibility index (Phi) is 5.23. The second-order valence-electron chi connectivity index (χ2n) is 8.78. The van der Waals surface area contributed by atoms with Gasteiger partial charge in [-0.3, -0.25) is 23.6 Å². The summed E-state index contributed by atoms with van der Waals surface area (Å²) in [6.07, 6.45) is 4.60. The quantitative estimate of drug-likeness (QED) is 0.618. The van der Waals surface area contributed by atoms with Gasteiger partial charge in [-0.05, 0) is 18.4 Å². The van der Waals surface area contributed by atoms with Crippen LogP contribution in [0.5, 0.6) is 5.75 Å². The van der Waals surface area contributed by atoms with E-state index in [4.69, 9.17) is 0 Å². The first kappa shape index (κ1) is 21.5. The van der Waals surface area contributed by atoms with Crippen molar-refractivity contribution in [2.75, 3.05) is 20.1 Å². The molecular weight excluding hydrogens is 412 g/mol. The molecule has 0 spiro atoms. The SMILES string of the molecule is CCn1cc(-c2c(O)cnc3c2cc(C(=O)NC)c(=O)n3CC(=O)N2CC(C)(C)C2)cn1. The Morgan fingerprint density at radius 3 is 2.56 bits per heavy atom. The predicted octanol–water partition coefficient (Wildman–Crippen LogP) is 1.21. The molecule has 32 heavy (non-hydrogen) atoms. The van der Waals surface area contributed by atoms with Gasteiger partial charge < -0.3 is 15.3 Å². The summed E-state index contributed by atoms with van der Waals surface area (Å²) < 4.78 is 2.91. The molecule has 3 aromatic heterocycles. The van der Waals surface area contributed by atoms with Crippen molar-refractivity contribution in [1.82, 2.24) is 29.5 Å². The maximum Gasteiger partial charge on any atom is 0.265 e. The van der Waals surface area contributed by atoms with Gasteiger partial charge in [0.05, 0.1) is 12.4 Å². The third-order valence-corrected chi connectivity index (χ3v) is 5.70. The molecule has 0 saturated carbocycles. The van der Waals surface area contributed by atoms with Crippen molar-refractivity contribution >= 4 is 22.8 Å². The lowest BCUT2D eigenvalue weighted by Gasteiger charge is -2.45. The van der Waals surface area contributed by atoms with Crippen LogP contribution in [0.2, 0.25) is 0 Å². The Hall–Kier alpha value is -3.69. The Bertz CT molecular complexity index is 1280. The number of rotatable bonds is 5. The van der Waals surface area contributed by atoms with Gasteiger partial charge in [0.1, 0.15) is 23.5 Å². The zero-order valence-electron chi connectivity index (χ0n) is 18.5. The standard InChI is InChI=1S/C22H26N6O4/c1-5-27-9-13(7-25-27)18-14-6-15(20(31)23-4)21(32)28(19(14)24-8-16(18)29)10-17(30)26-11-22(2,3)12-26/h6-9,29H,5,10-12H2,1-4H3,(H,23,31). The number of hydrogen-bond acceptors (Lipinski definition) is 6. The normalized spacial score (nSPS) is 14.9. The zero-order chi connectivity index (χ0) is 23.2. The fourth-order valence-electron chi connectivity index (χ4n) is 4.12. The monoisotopic (exact) mass is 438 g/mol. The van der Waals surface area contributed by atoms with Crippen molar-refractivity contribution in [3.63, 3.8) is 0 Å². The Morgan fingerprint density at radius 2 is 1.97 bits per heavy atom. The molecule has 1 fully saturated rings. The highest BCUT2D eigenvalue weighted by Crippen LogP contribution is 2.35. The molecule has 4 rings (SSSR count). The number of hydrogen-bond donors (Lipinski definition) is 2. The smallest absolute Gasteiger partial charge is 0.265 e. The number of carbonyl (C=O) groups excluding carboxylic acids is 2. The molecule has 0 atom stereocenters. The summed E-state index contributed by atoms with van der Waals surface area (Å²) in [4.78, 5) is 44.4. The Morgan fingerprint density at radius 1 is 1.25 bits per heavy atom. The minimum atomic E-state index is -0.613. The van der Waals surface area contributed by atoms with Crippen LogP contribution in [0.4, 0.5) is 0 Å². The van der Waals surface area contributed by atoms with E-state index in [1.54, 1.807) is 22.0 Å².